The van der Waals surface area contributed by atoms with Crippen molar-refractivity contribution < 1.29 is 14.3 Å². The van der Waals surface area contributed by atoms with Crippen LogP contribution in [0.15, 0.2) is 48.5 Å². The number of aryl methyl sites for hydroxylation is 1. The van der Waals surface area contributed by atoms with Gasteiger partial charge in [0.2, 0.25) is 5.91 Å². The number of nitrogens with zero attached hydrogens (tertiary/aromatic N) is 1. The van der Waals surface area contributed by atoms with Crippen LogP contribution < -0.4 is 9.64 Å². The van der Waals surface area contributed by atoms with Gasteiger partial charge in [-0.25, -0.2) is 0 Å². The van der Waals surface area contributed by atoms with Gasteiger partial charge in [-0.1, -0.05) is 45.0 Å². The number of hydrogen-bond donors (Lipinski definition) is 0. The summed E-state index contributed by atoms with van der Waals surface area (Å²) in [5.41, 5.74) is 2.94. The molecular formula is C23H27NO3. The summed E-state index contributed by atoms with van der Waals surface area (Å²) in [6.07, 6.45) is 2.41. The molecule has 0 radical (unpaired) electrons. The Kier molecular flexibility index (Phi) is 5.36. The largest absolute Gasteiger partial charge is 0.427 e. The van der Waals surface area contributed by atoms with Crippen molar-refractivity contribution in [1.29, 1.82) is 0 Å². The molecule has 1 amide bonds. The van der Waals surface area contributed by atoms with E-state index in [-0.39, 0.29) is 17.8 Å². The van der Waals surface area contributed by atoms with Crippen LogP contribution in [-0.2, 0) is 16.0 Å². The topological polar surface area (TPSA) is 46.6 Å². The second-order valence-corrected chi connectivity index (χ2v) is 8.22. The molecule has 3 rings (SSSR count). The number of anilines is 1. The smallest absolute Gasteiger partial charge is 0.311 e. The van der Waals surface area contributed by atoms with Crippen LogP contribution in [0.3, 0.4) is 0 Å². The average Bonchev–Trinajstić information content (AvgIpc) is 3.03. The minimum Gasteiger partial charge on any atom is -0.427 e. The summed E-state index contributed by atoms with van der Waals surface area (Å²) in [5.74, 6) is 0.561. The third-order valence-electron chi connectivity index (χ3n) is 5.07. The van der Waals surface area contributed by atoms with Gasteiger partial charge in [0.25, 0.3) is 0 Å². The molecule has 1 aliphatic rings. The Morgan fingerprint density at radius 2 is 1.74 bits per heavy atom. The molecule has 1 unspecified atom stereocenters. The van der Waals surface area contributed by atoms with Gasteiger partial charge >= 0.3 is 5.97 Å². The Morgan fingerprint density at radius 1 is 1.07 bits per heavy atom. The van der Waals surface area contributed by atoms with E-state index in [4.69, 9.17) is 4.74 Å². The van der Waals surface area contributed by atoms with Crippen LogP contribution >= 0.6 is 0 Å². The minimum absolute atomic E-state index is 0.0344. The molecular weight excluding hydrogens is 338 g/mol. The maximum absolute atomic E-state index is 12.4. The highest BCUT2D eigenvalue weighted by Crippen LogP contribution is 2.35. The molecule has 27 heavy (non-hydrogen) atoms. The van der Waals surface area contributed by atoms with Crippen LogP contribution in [0.25, 0.3) is 0 Å². The Bertz CT molecular complexity index is 833. The molecule has 0 fully saturated rings. The monoisotopic (exact) mass is 365 g/mol. The zero-order valence-electron chi connectivity index (χ0n) is 16.5. The molecule has 0 saturated heterocycles. The van der Waals surface area contributed by atoms with Crippen molar-refractivity contribution in [3.63, 3.8) is 0 Å². The summed E-state index contributed by atoms with van der Waals surface area (Å²) in [5, 5.41) is 0. The Morgan fingerprint density at radius 3 is 2.41 bits per heavy atom. The van der Waals surface area contributed by atoms with Gasteiger partial charge in [0.15, 0.2) is 0 Å². The number of rotatable bonds is 4. The number of ether oxygens (including phenoxy) is 1. The second kappa shape index (κ2) is 7.55. The summed E-state index contributed by atoms with van der Waals surface area (Å²) in [7, 11) is 1.76. The highest BCUT2D eigenvalue weighted by Gasteiger charge is 2.26. The lowest BCUT2D eigenvalue weighted by Crippen LogP contribution is -2.36. The van der Waals surface area contributed by atoms with Crippen LogP contribution in [0.5, 0.6) is 5.75 Å². The van der Waals surface area contributed by atoms with Crippen LogP contribution in [-0.4, -0.2) is 18.9 Å². The van der Waals surface area contributed by atoms with E-state index in [1.807, 2.05) is 32.9 Å². The van der Waals surface area contributed by atoms with Gasteiger partial charge in [-0.15, -0.1) is 0 Å². The molecule has 0 spiro atoms. The lowest BCUT2D eigenvalue weighted by Gasteiger charge is -2.26. The zero-order chi connectivity index (χ0) is 19.6. The summed E-state index contributed by atoms with van der Waals surface area (Å²) >= 11 is 0. The van der Waals surface area contributed by atoms with E-state index in [0.29, 0.717) is 12.2 Å². The van der Waals surface area contributed by atoms with Crippen molar-refractivity contribution in [2.75, 3.05) is 11.9 Å². The lowest BCUT2D eigenvalue weighted by atomic mass is 9.95. The second-order valence-electron chi connectivity index (χ2n) is 8.22. The van der Waals surface area contributed by atoms with Gasteiger partial charge < -0.3 is 9.64 Å². The predicted molar refractivity (Wildman–Crippen MR) is 107 cm³/mol. The molecule has 0 aromatic heterocycles. The predicted octanol–water partition coefficient (Wildman–Crippen LogP) is 4.72. The van der Waals surface area contributed by atoms with Gasteiger partial charge in [-0.05, 0) is 54.2 Å². The van der Waals surface area contributed by atoms with E-state index in [2.05, 4.69) is 12.1 Å². The first-order valence-electron chi connectivity index (χ1n) is 9.42. The van der Waals surface area contributed by atoms with Crippen molar-refractivity contribution in [3.8, 4) is 5.75 Å². The standard InChI is InChI=1S/C23H27NO3/c1-23(2,3)22(26)24(4)18-11-13-19(14-12-18)27-21(25)15-17-10-9-16-7-5-6-8-20(16)17/h5-8,11-14,17H,9-10,15H2,1-4H3. The molecule has 0 bridgehead atoms. The van der Waals surface area contributed by atoms with E-state index < -0.39 is 5.41 Å². The maximum Gasteiger partial charge on any atom is 0.311 e. The third kappa shape index (κ3) is 4.38. The first kappa shape index (κ1) is 19.2. The fourth-order valence-electron chi connectivity index (χ4n) is 3.59. The molecule has 0 aliphatic heterocycles. The van der Waals surface area contributed by atoms with Crippen LogP contribution in [0, 0.1) is 5.41 Å². The van der Waals surface area contributed by atoms with E-state index in [1.54, 1.807) is 36.2 Å². The number of fused-ring (bicyclic) bond motifs is 1. The van der Waals surface area contributed by atoms with Crippen molar-refractivity contribution in [2.24, 2.45) is 5.41 Å². The highest BCUT2D eigenvalue weighted by atomic mass is 16.5. The van der Waals surface area contributed by atoms with Crippen molar-refractivity contribution in [1.82, 2.24) is 0 Å². The first-order chi connectivity index (χ1) is 12.8. The molecule has 0 N–H and O–H groups in total. The van der Waals surface area contributed by atoms with E-state index in [9.17, 15) is 9.59 Å². The van der Waals surface area contributed by atoms with Gasteiger partial charge in [0.1, 0.15) is 5.75 Å². The van der Waals surface area contributed by atoms with Crippen LogP contribution in [0.4, 0.5) is 5.69 Å². The molecule has 4 nitrogen and oxygen atoms in total. The summed E-state index contributed by atoms with van der Waals surface area (Å²) < 4.78 is 5.51. The SMILES string of the molecule is CN(C(=O)C(C)(C)C)c1ccc(OC(=O)CC2CCc3ccccc32)cc1. The zero-order valence-corrected chi connectivity index (χ0v) is 16.5. The molecule has 2 aromatic rings. The Hall–Kier alpha value is -2.62. The summed E-state index contributed by atoms with van der Waals surface area (Å²) in [6.45, 7) is 5.68. The molecule has 0 heterocycles. The van der Waals surface area contributed by atoms with Crippen LogP contribution in [0.1, 0.15) is 50.7 Å². The molecule has 1 aliphatic carbocycles. The number of carbonyl (C=O) groups is 2. The maximum atomic E-state index is 12.4. The fourth-order valence-corrected chi connectivity index (χ4v) is 3.59. The van der Waals surface area contributed by atoms with Gasteiger partial charge in [0, 0.05) is 18.2 Å². The summed E-state index contributed by atoms with van der Waals surface area (Å²) in [6, 6.07) is 15.4. The first-order valence-corrected chi connectivity index (χ1v) is 9.42. The average molecular weight is 365 g/mol. The molecule has 4 heteroatoms. The molecule has 2 aromatic carbocycles. The number of carbonyl (C=O) groups excluding carboxylic acids is 2. The van der Waals surface area contributed by atoms with Gasteiger partial charge in [-0.2, -0.15) is 0 Å². The molecule has 1 atom stereocenters. The van der Waals surface area contributed by atoms with Crippen molar-refractivity contribution in [2.45, 2.75) is 46.0 Å². The molecule has 142 valence electrons. The van der Waals surface area contributed by atoms with Crippen LogP contribution in [0.2, 0.25) is 0 Å². The van der Waals surface area contributed by atoms with Crippen molar-refractivity contribution in [3.05, 3.63) is 59.7 Å². The van der Waals surface area contributed by atoms with E-state index >= 15 is 0 Å². The van der Waals surface area contributed by atoms with E-state index in [0.717, 1.165) is 18.5 Å². The Balaban J connectivity index is 1.60. The number of benzene rings is 2. The quantitative estimate of drug-likeness (QED) is 0.582. The minimum atomic E-state index is -0.447. The van der Waals surface area contributed by atoms with Gasteiger partial charge in [0.05, 0.1) is 6.42 Å². The van der Waals surface area contributed by atoms with Gasteiger partial charge in [-0.3, -0.25) is 9.59 Å². The van der Waals surface area contributed by atoms with E-state index in [1.165, 1.54) is 11.1 Å². The lowest BCUT2D eigenvalue weighted by molar-refractivity contribution is -0.134. The number of esters is 1. The fraction of sp³-hybridized carbons (Fsp3) is 0.391. The summed E-state index contributed by atoms with van der Waals surface area (Å²) in [4.78, 5) is 26.3. The normalized spacial score (nSPS) is 15.9. The highest BCUT2D eigenvalue weighted by molar-refractivity contribution is 5.96. The third-order valence-corrected chi connectivity index (χ3v) is 5.07. The number of amides is 1. The molecule has 0 saturated carbocycles. The van der Waals surface area contributed by atoms with Crippen molar-refractivity contribution >= 4 is 17.6 Å². The Labute approximate surface area is 161 Å². The number of hydrogen-bond acceptors (Lipinski definition) is 3.